The highest BCUT2D eigenvalue weighted by atomic mass is 16.5. The molecule has 1 saturated carbocycles. The Kier molecular flexibility index (Phi) is 6.74. The Balaban J connectivity index is 1.43. The highest BCUT2D eigenvalue weighted by molar-refractivity contribution is 5.96. The molecule has 0 radical (unpaired) electrons. The number of carbonyl (C=O) groups excluding carboxylic acids is 1. The van der Waals surface area contributed by atoms with Gasteiger partial charge in [0, 0.05) is 40.9 Å². The van der Waals surface area contributed by atoms with Crippen LogP contribution in [0, 0.1) is 6.92 Å². The van der Waals surface area contributed by atoms with Gasteiger partial charge in [-0.2, -0.15) is 0 Å². The van der Waals surface area contributed by atoms with Gasteiger partial charge in [0.1, 0.15) is 5.75 Å². The third kappa shape index (κ3) is 5.10. The lowest BCUT2D eigenvalue weighted by Gasteiger charge is -2.17. The maximum atomic E-state index is 12.9. The van der Waals surface area contributed by atoms with Crippen LogP contribution in [-0.2, 0) is 4.79 Å². The lowest BCUT2D eigenvalue weighted by Crippen LogP contribution is -2.19. The second-order valence-corrected chi connectivity index (χ2v) is 8.56. The van der Waals surface area contributed by atoms with Gasteiger partial charge in [0.25, 0.3) is 0 Å². The van der Waals surface area contributed by atoms with E-state index in [1.807, 2.05) is 56.3 Å². The minimum atomic E-state index is -0.260. The Morgan fingerprint density at radius 2 is 1.75 bits per heavy atom. The third-order valence-corrected chi connectivity index (χ3v) is 6.21. The minimum Gasteiger partial charge on any atom is -0.496 e. The number of pyridine rings is 1. The topological polar surface area (TPSA) is 63.2 Å². The molecule has 4 rings (SSSR count). The molecule has 0 saturated heterocycles. The van der Waals surface area contributed by atoms with Crippen LogP contribution in [0.2, 0.25) is 0 Å². The van der Waals surface area contributed by atoms with Crippen molar-refractivity contribution < 1.29 is 9.53 Å². The van der Waals surface area contributed by atoms with Gasteiger partial charge in [-0.15, -0.1) is 0 Å². The molecule has 166 valence electrons. The number of nitrogens with zero attached hydrogens (tertiary/aromatic N) is 1. The molecule has 0 aliphatic heterocycles. The molecule has 0 bridgehead atoms. The number of benzene rings is 2. The first-order valence-corrected chi connectivity index (χ1v) is 11.3. The summed E-state index contributed by atoms with van der Waals surface area (Å²) >= 11 is 0. The van der Waals surface area contributed by atoms with Crippen molar-refractivity contribution in [1.29, 1.82) is 0 Å². The second-order valence-electron chi connectivity index (χ2n) is 8.56. The number of aromatic nitrogens is 1. The zero-order valence-electron chi connectivity index (χ0n) is 19.0. The molecule has 2 N–H and O–H groups in total. The SMILES string of the molecule is COc1cc(NC(=O)C(C)c2ccc(NC3CCCC3)cc2)ccc1-c1ccnc(C)c1. The summed E-state index contributed by atoms with van der Waals surface area (Å²) in [6.07, 6.45) is 6.88. The average Bonchev–Trinajstić information content (AvgIpc) is 3.32. The summed E-state index contributed by atoms with van der Waals surface area (Å²) in [5, 5.41) is 6.62. The van der Waals surface area contributed by atoms with E-state index >= 15 is 0 Å². The molecule has 1 fully saturated rings. The van der Waals surface area contributed by atoms with E-state index in [1.165, 1.54) is 25.7 Å². The van der Waals surface area contributed by atoms with Gasteiger partial charge in [-0.3, -0.25) is 9.78 Å². The highest BCUT2D eigenvalue weighted by Gasteiger charge is 2.18. The van der Waals surface area contributed by atoms with Crippen molar-refractivity contribution in [2.24, 2.45) is 0 Å². The number of amides is 1. The number of methoxy groups -OCH3 is 1. The highest BCUT2D eigenvalue weighted by Crippen LogP contribution is 2.33. The molecule has 1 unspecified atom stereocenters. The predicted octanol–water partition coefficient (Wildman–Crippen LogP) is 6.16. The van der Waals surface area contributed by atoms with Crippen LogP contribution >= 0.6 is 0 Å². The minimum absolute atomic E-state index is 0.0453. The smallest absolute Gasteiger partial charge is 0.231 e. The van der Waals surface area contributed by atoms with Crippen molar-refractivity contribution in [3.8, 4) is 16.9 Å². The predicted molar refractivity (Wildman–Crippen MR) is 130 cm³/mol. The summed E-state index contributed by atoms with van der Waals surface area (Å²) in [7, 11) is 1.64. The van der Waals surface area contributed by atoms with Gasteiger partial charge in [0.2, 0.25) is 5.91 Å². The zero-order chi connectivity index (χ0) is 22.5. The van der Waals surface area contributed by atoms with Crippen molar-refractivity contribution in [2.45, 2.75) is 51.5 Å². The molecule has 1 aliphatic carbocycles. The Morgan fingerprint density at radius 3 is 2.44 bits per heavy atom. The summed E-state index contributed by atoms with van der Waals surface area (Å²) in [6.45, 7) is 3.89. The van der Waals surface area contributed by atoms with Crippen LogP contribution < -0.4 is 15.4 Å². The Morgan fingerprint density at radius 1 is 1.03 bits per heavy atom. The fourth-order valence-electron chi connectivity index (χ4n) is 4.30. The molecule has 32 heavy (non-hydrogen) atoms. The number of aryl methyl sites for hydroxylation is 1. The van der Waals surface area contributed by atoms with E-state index < -0.39 is 0 Å². The number of nitrogens with one attached hydrogen (secondary N) is 2. The van der Waals surface area contributed by atoms with E-state index in [0.29, 0.717) is 17.5 Å². The number of anilines is 2. The van der Waals surface area contributed by atoms with Crippen LogP contribution in [0.25, 0.3) is 11.1 Å². The number of ether oxygens (including phenoxy) is 1. The number of hydrogen-bond acceptors (Lipinski definition) is 4. The molecule has 0 spiro atoms. The van der Waals surface area contributed by atoms with Crippen molar-refractivity contribution in [3.05, 3.63) is 72.1 Å². The molecule has 1 atom stereocenters. The van der Waals surface area contributed by atoms with Crippen LogP contribution in [0.15, 0.2) is 60.8 Å². The van der Waals surface area contributed by atoms with Crippen LogP contribution in [0.5, 0.6) is 5.75 Å². The number of rotatable bonds is 7. The quantitative estimate of drug-likeness (QED) is 0.472. The van der Waals surface area contributed by atoms with Gasteiger partial charge in [-0.25, -0.2) is 0 Å². The zero-order valence-corrected chi connectivity index (χ0v) is 19.0. The first-order chi connectivity index (χ1) is 15.5. The summed E-state index contributed by atoms with van der Waals surface area (Å²) < 4.78 is 5.60. The maximum absolute atomic E-state index is 12.9. The molecule has 1 aliphatic rings. The van der Waals surface area contributed by atoms with E-state index in [9.17, 15) is 4.79 Å². The van der Waals surface area contributed by atoms with Gasteiger partial charge in [-0.05, 0) is 74.2 Å². The fraction of sp³-hybridized carbons (Fsp3) is 0.333. The van der Waals surface area contributed by atoms with Gasteiger partial charge in [0.05, 0.1) is 13.0 Å². The standard InChI is InChI=1S/C27H31N3O2/c1-18-16-21(14-15-28-18)25-13-12-24(17-26(25)32-3)30-27(31)19(2)20-8-10-23(11-9-20)29-22-6-4-5-7-22/h8-17,19,22,29H,4-7H2,1-3H3,(H,30,31). The Labute approximate surface area is 190 Å². The maximum Gasteiger partial charge on any atom is 0.231 e. The molecule has 1 heterocycles. The second kappa shape index (κ2) is 9.86. The Hall–Kier alpha value is -3.34. The van der Waals surface area contributed by atoms with Crippen LogP contribution in [0.3, 0.4) is 0 Å². The molecule has 5 nitrogen and oxygen atoms in total. The molecule has 5 heteroatoms. The van der Waals surface area contributed by atoms with Crippen molar-refractivity contribution in [3.63, 3.8) is 0 Å². The molecule has 2 aromatic carbocycles. The molecular weight excluding hydrogens is 398 g/mol. The largest absolute Gasteiger partial charge is 0.496 e. The van der Waals surface area contributed by atoms with Gasteiger partial charge in [0.15, 0.2) is 0 Å². The van der Waals surface area contributed by atoms with E-state index in [2.05, 4.69) is 27.8 Å². The van der Waals surface area contributed by atoms with Crippen molar-refractivity contribution in [1.82, 2.24) is 4.98 Å². The number of hydrogen-bond donors (Lipinski definition) is 2. The van der Waals surface area contributed by atoms with E-state index in [4.69, 9.17) is 4.74 Å². The van der Waals surface area contributed by atoms with Crippen molar-refractivity contribution >= 4 is 17.3 Å². The Bertz CT molecular complexity index is 1070. The summed E-state index contributed by atoms with van der Waals surface area (Å²) in [5.74, 6) is 0.406. The molecule has 3 aromatic rings. The normalized spacial score (nSPS) is 14.7. The van der Waals surface area contributed by atoms with Gasteiger partial charge >= 0.3 is 0 Å². The van der Waals surface area contributed by atoms with E-state index in [1.54, 1.807) is 13.3 Å². The van der Waals surface area contributed by atoms with Crippen molar-refractivity contribution in [2.75, 3.05) is 17.7 Å². The first-order valence-electron chi connectivity index (χ1n) is 11.3. The lowest BCUT2D eigenvalue weighted by atomic mass is 9.99. The van der Waals surface area contributed by atoms with Crippen LogP contribution in [0.1, 0.15) is 49.8 Å². The van der Waals surface area contributed by atoms with Crippen LogP contribution in [-0.4, -0.2) is 24.0 Å². The lowest BCUT2D eigenvalue weighted by molar-refractivity contribution is -0.117. The molecular formula is C27H31N3O2. The van der Waals surface area contributed by atoms with E-state index in [0.717, 1.165) is 28.1 Å². The van der Waals surface area contributed by atoms with E-state index in [-0.39, 0.29) is 11.8 Å². The first kappa shape index (κ1) is 21.9. The number of carbonyl (C=O) groups is 1. The monoisotopic (exact) mass is 429 g/mol. The summed E-state index contributed by atoms with van der Waals surface area (Å²) in [5.41, 5.74) is 5.78. The summed E-state index contributed by atoms with van der Waals surface area (Å²) in [4.78, 5) is 17.2. The third-order valence-electron chi connectivity index (χ3n) is 6.21. The molecule has 1 aromatic heterocycles. The average molecular weight is 430 g/mol. The van der Waals surface area contributed by atoms with Gasteiger partial charge in [-0.1, -0.05) is 25.0 Å². The fourth-order valence-corrected chi connectivity index (χ4v) is 4.30. The van der Waals surface area contributed by atoms with Crippen LogP contribution in [0.4, 0.5) is 11.4 Å². The summed E-state index contributed by atoms with van der Waals surface area (Å²) in [6, 6.07) is 18.5. The molecule has 1 amide bonds. The van der Waals surface area contributed by atoms with Gasteiger partial charge < -0.3 is 15.4 Å².